The average Bonchev–Trinajstić information content (AvgIpc) is 3.07. The second kappa shape index (κ2) is 8.49. The number of piperidine rings is 1. The number of carbonyl (C=O) groups is 1. The number of likely N-dealkylation sites (tertiary alicyclic amines) is 1. The summed E-state index contributed by atoms with van der Waals surface area (Å²) >= 11 is 0. The molecular formula is C21H30N4O. The summed E-state index contributed by atoms with van der Waals surface area (Å²) in [5.74, 6) is 1.92. The first-order chi connectivity index (χ1) is 12.5. The van der Waals surface area contributed by atoms with Crippen LogP contribution in [0, 0.1) is 19.8 Å². The Hall–Kier alpha value is -2.14. The third kappa shape index (κ3) is 4.73. The van der Waals surface area contributed by atoms with Crippen LogP contribution in [0.1, 0.15) is 36.7 Å². The van der Waals surface area contributed by atoms with Crippen molar-refractivity contribution in [3.05, 3.63) is 47.5 Å². The number of anilines is 1. The predicted molar refractivity (Wildman–Crippen MR) is 105 cm³/mol. The largest absolute Gasteiger partial charge is 0.335 e. The summed E-state index contributed by atoms with van der Waals surface area (Å²) < 4.78 is 2.28. The molecule has 1 aromatic carbocycles. The summed E-state index contributed by atoms with van der Waals surface area (Å²) in [7, 11) is 0. The van der Waals surface area contributed by atoms with Crippen LogP contribution in [0.4, 0.5) is 5.69 Å². The molecule has 2 heterocycles. The molecule has 1 N–H and O–H groups in total. The topological polar surface area (TPSA) is 50.2 Å². The molecule has 0 unspecified atom stereocenters. The van der Waals surface area contributed by atoms with Gasteiger partial charge in [0.05, 0.1) is 6.54 Å². The van der Waals surface area contributed by atoms with Crippen molar-refractivity contribution in [3.8, 4) is 0 Å². The number of amides is 1. The van der Waals surface area contributed by atoms with Crippen LogP contribution >= 0.6 is 0 Å². The Kier molecular flexibility index (Phi) is 6.09. The van der Waals surface area contributed by atoms with Crippen molar-refractivity contribution in [1.82, 2.24) is 14.5 Å². The molecule has 1 saturated heterocycles. The van der Waals surface area contributed by atoms with E-state index in [1.165, 1.54) is 17.0 Å². The molecule has 1 fully saturated rings. The first kappa shape index (κ1) is 18.6. The van der Waals surface area contributed by atoms with E-state index in [1.54, 1.807) is 0 Å². The molecule has 0 atom stereocenters. The van der Waals surface area contributed by atoms with Crippen molar-refractivity contribution in [2.24, 2.45) is 5.92 Å². The zero-order valence-electron chi connectivity index (χ0n) is 16.2. The maximum Gasteiger partial charge on any atom is 0.238 e. The standard InChI is InChI=1S/C21H30N4O/c1-4-20-22-9-12-25(20)14-18-7-10-24(11-8-18)15-21(26)23-19-6-5-16(2)17(3)13-19/h5-6,9,12-13,18H,4,7-8,10-11,14-15H2,1-3H3,(H,23,26). The Morgan fingerprint density at radius 1 is 1.23 bits per heavy atom. The third-order valence-electron chi connectivity index (χ3n) is 5.44. The van der Waals surface area contributed by atoms with Crippen molar-refractivity contribution >= 4 is 11.6 Å². The second-order valence-electron chi connectivity index (χ2n) is 7.42. The Labute approximate surface area is 156 Å². The molecule has 1 aromatic heterocycles. The van der Waals surface area contributed by atoms with Gasteiger partial charge < -0.3 is 9.88 Å². The minimum atomic E-state index is 0.0783. The molecule has 0 spiro atoms. The summed E-state index contributed by atoms with van der Waals surface area (Å²) in [5, 5.41) is 3.03. The summed E-state index contributed by atoms with van der Waals surface area (Å²) in [6, 6.07) is 6.07. The summed E-state index contributed by atoms with van der Waals surface area (Å²) in [4.78, 5) is 19.0. The Morgan fingerprint density at radius 2 is 2.00 bits per heavy atom. The lowest BCUT2D eigenvalue weighted by atomic mass is 9.96. The number of carbonyl (C=O) groups excluding carboxylic acids is 1. The summed E-state index contributed by atoms with van der Waals surface area (Å²) in [6.45, 7) is 9.80. The molecule has 1 amide bonds. The zero-order chi connectivity index (χ0) is 18.5. The van der Waals surface area contributed by atoms with Gasteiger partial charge in [-0.25, -0.2) is 4.98 Å². The van der Waals surface area contributed by atoms with Crippen LogP contribution in [-0.4, -0.2) is 40.0 Å². The summed E-state index contributed by atoms with van der Waals surface area (Å²) in [5.41, 5.74) is 3.34. The summed E-state index contributed by atoms with van der Waals surface area (Å²) in [6.07, 6.45) is 7.23. The van der Waals surface area contributed by atoms with Crippen molar-refractivity contribution in [2.75, 3.05) is 25.0 Å². The number of nitrogens with one attached hydrogen (secondary N) is 1. The monoisotopic (exact) mass is 354 g/mol. The number of hydrogen-bond acceptors (Lipinski definition) is 3. The number of aryl methyl sites for hydroxylation is 3. The van der Waals surface area contributed by atoms with Crippen molar-refractivity contribution in [3.63, 3.8) is 0 Å². The minimum absolute atomic E-state index is 0.0783. The van der Waals surface area contributed by atoms with Crippen LogP contribution in [0.5, 0.6) is 0 Å². The lowest BCUT2D eigenvalue weighted by Crippen LogP contribution is -2.40. The second-order valence-corrected chi connectivity index (χ2v) is 7.42. The van der Waals surface area contributed by atoms with E-state index in [-0.39, 0.29) is 5.91 Å². The SMILES string of the molecule is CCc1nccn1CC1CCN(CC(=O)Nc2ccc(C)c(C)c2)CC1. The third-order valence-corrected chi connectivity index (χ3v) is 5.44. The van der Waals surface area contributed by atoms with E-state index >= 15 is 0 Å². The van der Waals surface area contributed by atoms with Crippen LogP contribution in [0.2, 0.25) is 0 Å². The molecule has 26 heavy (non-hydrogen) atoms. The molecule has 0 radical (unpaired) electrons. The van der Waals surface area contributed by atoms with E-state index < -0.39 is 0 Å². The van der Waals surface area contributed by atoms with E-state index in [0.29, 0.717) is 12.5 Å². The van der Waals surface area contributed by atoms with Gasteiger partial charge in [0.1, 0.15) is 5.82 Å². The van der Waals surface area contributed by atoms with Gasteiger partial charge in [-0.15, -0.1) is 0 Å². The lowest BCUT2D eigenvalue weighted by molar-refractivity contribution is -0.117. The quantitative estimate of drug-likeness (QED) is 0.865. The van der Waals surface area contributed by atoms with Crippen molar-refractivity contribution < 1.29 is 4.79 Å². The van der Waals surface area contributed by atoms with E-state index in [0.717, 1.165) is 44.6 Å². The molecule has 0 bridgehead atoms. The number of nitrogens with zero attached hydrogens (tertiary/aromatic N) is 3. The Balaban J connectivity index is 1.44. The van der Waals surface area contributed by atoms with E-state index in [2.05, 4.69) is 52.8 Å². The average molecular weight is 354 g/mol. The highest BCUT2D eigenvalue weighted by Crippen LogP contribution is 2.20. The molecule has 5 nitrogen and oxygen atoms in total. The van der Waals surface area contributed by atoms with E-state index in [4.69, 9.17) is 0 Å². The number of rotatable bonds is 6. The molecule has 0 aliphatic carbocycles. The first-order valence-corrected chi connectivity index (χ1v) is 9.64. The van der Waals surface area contributed by atoms with Crippen LogP contribution in [0.15, 0.2) is 30.6 Å². The minimum Gasteiger partial charge on any atom is -0.335 e. The predicted octanol–water partition coefficient (Wildman–Crippen LogP) is 3.41. The lowest BCUT2D eigenvalue weighted by Gasteiger charge is -2.31. The van der Waals surface area contributed by atoms with Crippen molar-refractivity contribution in [2.45, 2.75) is 46.6 Å². The van der Waals surface area contributed by atoms with E-state index in [1.807, 2.05) is 18.3 Å². The normalized spacial score (nSPS) is 16.0. The fourth-order valence-corrected chi connectivity index (χ4v) is 3.65. The molecule has 0 saturated carbocycles. The molecule has 1 aliphatic rings. The number of aromatic nitrogens is 2. The molecule has 140 valence electrons. The number of hydrogen-bond donors (Lipinski definition) is 1. The fourth-order valence-electron chi connectivity index (χ4n) is 3.65. The molecule has 3 rings (SSSR count). The van der Waals surface area contributed by atoms with Crippen LogP contribution in [0.25, 0.3) is 0 Å². The van der Waals surface area contributed by atoms with E-state index in [9.17, 15) is 4.79 Å². The van der Waals surface area contributed by atoms with Crippen LogP contribution in [0.3, 0.4) is 0 Å². The molecule has 1 aliphatic heterocycles. The van der Waals surface area contributed by atoms with Gasteiger partial charge in [-0.2, -0.15) is 0 Å². The van der Waals surface area contributed by atoms with Gasteiger partial charge in [-0.1, -0.05) is 13.0 Å². The maximum atomic E-state index is 12.3. The molecule has 5 heteroatoms. The highest BCUT2D eigenvalue weighted by atomic mass is 16.2. The van der Waals surface area contributed by atoms with Crippen LogP contribution in [-0.2, 0) is 17.8 Å². The molecular weight excluding hydrogens is 324 g/mol. The zero-order valence-corrected chi connectivity index (χ0v) is 16.2. The smallest absolute Gasteiger partial charge is 0.238 e. The Bertz CT molecular complexity index is 744. The van der Waals surface area contributed by atoms with Gasteiger partial charge in [0.15, 0.2) is 0 Å². The highest BCUT2D eigenvalue weighted by Gasteiger charge is 2.21. The number of benzene rings is 1. The van der Waals surface area contributed by atoms with Gasteiger partial charge >= 0.3 is 0 Å². The maximum absolute atomic E-state index is 12.3. The van der Waals surface area contributed by atoms with Gasteiger partial charge in [0, 0.05) is 31.0 Å². The van der Waals surface area contributed by atoms with Gasteiger partial charge in [-0.3, -0.25) is 9.69 Å². The van der Waals surface area contributed by atoms with Crippen LogP contribution < -0.4 is 5.32 Å². The van der Waals surface area contributed by atoms with Gasteiger partial charge in [0.25, 0.3) is 0 Å². The highest BCUT2D eigenvalue weighted by molar-refractivity contribution is 5.92. The molecule has 2 aromatic rings. The first-order valence-electron chi connectivity index (χ1n) is 9.64. The number of imidazole rings is 1. The van der Waals surface area contributed by atoms with Crippen molar-refractivity contribution in [1.29, 1.82) is 0 Å². The van der Waals surface area contributed by atoms with Gasteiger partial charge in [0.2, 0.25) is 5.91 Å². The van der Waals surface area contributed by atoms with Gasteiger partial charge in [-0.05, 0) is 69.0 Å². The fraction of sp³-hybridized carbons (Fsp3) is 0.524. The Morgan fingerprint density at radius 3 is 2.69 bits per heavy atom.